The Bertz CT molecular complexity index is 1510. The number of allylic oxidation sites excluding steroid dienone is 4. The fraction of sp³-hybridized carbons (Fsp3) is 0.933. The smallest absolute Gasteiger partial charge is 0.305 e. The van der Waals surface area contributed by atoms with E-state index in [1.807, 2.05) is 0 Å². The first-order valence-electron chi connectivity index (χ1n) is 44.6. The van der Waals surface area contributed by atoms with Crippen molar-refractivity contribution in [2.24, 2.45) is 0 Å². The molecule has 0 aliphatic carbocycles. The molecule has 0 aliphatic heterocycles. The van der Waals surface area contributed by atoms with Gasteiger partial charge in [-0.15, -0.1) is 0 Å². The number of nitrogens with one attached hydrogen (secondary N) is 1. The monoisotopic (exact) mass is 1350 g/mol. The molecule has 0 rings (SSSR count). The molecule has 6 heteroatoms. The number of amides is 1. The summed E-state index contributed by atoms with van der Waals surface area (Å²) in [5.41, 5.74) is 0. The van der Waals surface area contributed by atoms with Gasteiger partial charge in [0.1, 0.15) is 0 Å². The summed E-state index contributed by atoms with van der Waals surface area (Å²) in [4.78, 5) is 24.7. The van der Waals surface area contributed by atoms with Crippen molar-refractivity contribution in [3.8, 4) is 0 Å². The van der Waals surface area contributed by atoms with Crippen LogP contribution in [0.4, 0.5) is 0 Å². The molecule has 2 unspecified atom stereocenters. The van der Waals surface area contributed by atoms with E-state index in [0.29, 0.717) is 25.9 Å². The maximum Gasteiger partial charge on any atom is 0.305 e. The van der Waals surface area contributed by atoms with Crippen molar-refractivity contribution in [1.82, 2.24) is 5.32 Å². The predicted octanol–water partition coefficient (Wildman–Crippen LogP) is 29.9. The topological polar surface area (TPSA) is 95.9 Å². The van der Waals surface area contributed by atoms with Crippen LogP contribution in [0.1, 0.15) is 515 Å². The molecule has 0 aromatic heterocycles. The lowest BCUT2D eigenvalue weighted by atomic mass is 10.0. The van der Waals surface area contributed by atoms with Crippen molar-refractivity contribution < 1.29 is 24.5 Å². The van der Waals surface area contributed by atoms with Crippen LogP contribution in [0.3, 0.4) is 0 Å². The fourth-order valence-corrected chi connectivity index (χ4v) is 14.5. The van der Waals surface area contributed by atoms with Gasteiger partial charge in [-0.25, -0.2) is 0 Å². The summed E-state index contributed by atoms with van der Waals surface area (Å²) in [6.45, 7) is 5.02. The third kappa shape index (κ3) is 81.3. The number of aliphatic hydroxyl groups excluding tert-OH is 2. The minimum atomic E-state index is -0.664. The number of unbranched alkanes of at least 4 members (excludes halogenated alkanes) is 70. The summed E-state index contributed by atoms with van der Waals surface area (Å²) >= 11 is 0. The highest BCUT2D eigenvalue weighted by atomic mass is 16.5. The zero-order chi connectivity index (χ0) is 69.1. The van der Waals surface area contributed by atoms with Gasteiger partial charge in [-0.05, 0) is 57.8 Å². The van der Waals surface area contributed by atoms with Crippen molar-refractivity contribution >= 4 is 11.9 Å². The van der Waals surface area contributed by atoms with Gasteiger partial charge in [-0.2, -0.15) is 0 Å². The van der Waals surface area contributed by atoms with Gasteiger partial charge in [0.05, 0.1) is 25.4 Å². The van der Waals surface area contributed by atoms with Gasteiger partial charge in [0.2, 0.25) is 5.91 Å². The highest BCUT2D eigenvalue weighted by molar-refractivity contribution is 5.76. The van der Waals surface area contributed by atoms with Crippen LogP contribution in [0.5, 0.6) is 0 Å². The predicted molar refractivity (Wildman–Crippen MR) is 426 cm³/mol. The molecule has 0 aromatic carbocycles. The SMILES string of the molecule is CCCCCCCCCCCCCCCCCCCCCCCCCC(O)C(CO)NC(=O)CCCCCCCCCCCCCCCCCCC/C=C\C/C=C\CCCCCCCCCCCCCCCCCOC(=O)CCCCCCCCCCCCCCCCCCC. The van der Waals surface area contributed by atoms with Crippen molar-refractivity contribution in [3.63, 3.8) is 0 Å². The Hall–Kier alpha value is -1.66. The highest BCUT2D eigenvalue weighted by Gasteiger charge is 2.20. The van der Waals surface area contributed by atoms with E-state index < -0.39 is 12.1 Å². The maximum atomic E-state index is 12.6. The lowest BCUT2D eigenvalue weighted by Gasteiger charge is -2.22. The Morgan fingerprint density at radius 3 is 0.792 bits per heavy atom. The molecule has 0 bridgehead atoms. The number of rotatable bonds is 85. The van der Waals surface area contributed by atoms with Crippen molar-refractivity contribution in [3.05, 3.63) is 24.3 Å². The van der Waals surface area contributed by atoms with Crippen LogP contribution >= 0.6 is 0 Å². The average molecular weight is 1350 g/mol. The van der Waals surface area contributed by atoms with E-state index in [1.54, 1.807) is 0 Å². The van der Waals surface area contributed by atoms with E-state index in [2.05, 4.69) is 43.5 Å². The van der Waals surface area contributed by atoms with Crippen LogP contribution < -0.4 is 5.32 Å². The maximum absolute atomic E-state index is 12.6. The molecular weight excluding hydrogens is 1170 g/mol. The Morgan fingerprint density at radius 2 is 0.521 bits per heavy atom. The molecule has 0 aromatic rings. The molecule has 0 heterocycles. The summed E-state index contributed by atoms with van der Waals surface area (Å²) in [5, 5.41) is 23.5. The van der Waals surface area contributed by atoms with Crippen molar-refractivity contribution in [2.75, 3.05) is 13.2 Å². The third-order valence-corrected chi connectivity index (χ3v) is 21.3. The number of carbonyl (C=O) groups is 2. The first-order chi connectivity index (χ1) is 47.5. The van der Waals surface area contributed by atoms with E-state index in [4.69, 9.17) is 4.74 Å². The van der Waals surface area contributed by atoms with E-state index in [1.165, 1.54) is 437 Å². The number of aliphatic hydroxyl groups is 2. The molecule has 0 saturated carbocycles. The Kier molecular flexibility index (Phi) is 84.3. The second-order valence-corrected chi connectivity index (χ2v) is 30.9. The van der Waals surface area contributed by atoms with Crippen molar-refractivity contribution in [1.29, 1.82) is 0 Å². The lowest BCUT2D eigenvalue weighted by molar-refractivity contribution is -0.143. The molecule has 0 saturated heterocycles. The molecule has 2 atom stereocenters. The molecule has 570 valence electrons. The van der Waals surface area contributed by atoms with E-state index in [-0.39, 0.29) is 18.5 Å². The normalized spacial score (nSPS) is 12.5. The molecule has 0 aliphatic rings. The quantitative estimate of drug-likeness (QED) is 0.0320. The highest BCUT2D eigenvalue weighted by Crippen LogP contribution is 2.21. The van der Waals surface area contributed by atoms with Gasteiger partial charge in [0.25, 0.3) is 0 Å². The first kappa shape index (κ1) is 94.3. The van der Waals surface area contributed by atoms with Crippen LogP contribution in [0.15, 0.2) is 24.3 Å². The average Bonchev–Trinajstić information content (AvgIpc) is 3.00. The number of ether oxygens (including phenoxy) is 1. The lowest BCUT2D eigenvalue weighted by Crippen LogP contribution is -2.45. The van der Waals surface area contributed by atoms with E-state index in [0.717, 1.165) is 44.9 Å². The Morgan fingerprint density at radius 1 is 0.292 bits per heavy atom. The molecule has 0 spiro atoms. The van der Waals surface area contributed by atoms with Crippen LogP contribution in [0.2, 0.25) is 0 Å². The Balaban J connectivity index is 3.34. The minimum absolute atomic E-state index is 0.0256. The van der Waals surface area contributed by atoms with Gasteiger partial charge in [0, 0.05) is 12.8 Å². The van der Waals surface area contributed by atoms with E-state index >= 15 is 0 Å². The molecule has 6 nitrogen and oxygen atoms in total. The molecule has 1 amide bonds. The zero-order valence-corrected chi connectivity index (χ0v) is 65.7. The molecular formula is C90H175NO5. The van der Waals surface area contributed by atoms with Gasteiger partial charge in [0.15, 0.2) is 0 Å². The van der Waals surface area contributed by atoms with Gasteiger partial charge in [-0.3, -0.25) is 9.59 Å². The first-order valence-corrected chi connectivity index (χ1v) is 44.6. The third-order valence-electron chi connectivity index (χ3n) is 21.3. The van der Waals surface area contributed by atoms with Gasteiger partial charge >= 0.3 is 5.97 Å². The number of carbonyl (C=O) groups excluding carboxylic acids is 2. The summed E-state index contributed by atoms with van der Waals surface area (Å²) in [5.74, 6) is -0.0000391. The summed E-state index contributed by atoms with van der Waals surface area (Å²) < 4.78 is 5.52. The van der Waals surface area contributed by atoms with Gasteiger partial charge < -0.3 is 20.3 Å². The van der Waals surface area contributed by atoms with Crippen LogP contribution in [0.25, 0.3) is 0 Å². The van der Waals surface area contributed by atoms with E-state index in [9.17, 15) is 19.8 Å². The van der Waals surface area contributed by atoms with Crippen LogP contribution in [0, 0.1) is 0 Å². The second kappa shape index (κ2) is 85.8. The standard InChI is InChI=1S/C90H175NO5/c1-3-5-7-9-11-13-15-17-19-21-22-23-41-44-47-51-54-58-62-66-70-74-78-82-88(93)87(86-92)91-89(94)83-79-75-71-67-63-59-55-52-48-45-42-39-37-35-33-31-29-27-25-24-26-28-30-32-34-36-38-40-43-46-49-53-57-61-65-69-73-77-81-85-96-90(95)84-80-76-72-68-64-60-56-50-20-18-16-14-12-10-8-6-4-2/h24-25,28,30,87-88,92-93H,3-23,26-27,29,31-86H2,1-2H3,(H,91,94)/b25-24-,30-28-. The zero-order valence-electron chi connectivity index (χ0n) is 65.7. The Labute approximate surface area is 602 Å². The summed E-state index contributed by atoms with van der Waals surface area (Å²) in [7, 11) is 0. The number of hydrogen-bond donors (Lipinski definition) is 3. The fourth-order valence-electron chi connectivity index (χ4n) is 14.5. The van der Waals surface area contributed by atoms with Crippen molar-refractivity contribution in [2.45, 2.75) is 527 Å². The number of hydrogen-bond acceptors (Lipinski definition) is 5. The molecule has 0 fully saturated rings. The largest absolute Gasteiger partial charge is 0.466 e. The minimum Gasteiger partial charge on any atom is -0.466 e. The summed E-state index contributed by atoms with van der Waals surface area (Å²) in [6, 6.07) is -0.540. The number of esters is 1. The van der Waals surface area contributed by atoms with Gasteiger partial charge in [-0.1, -0.05) is 468 Å². The van der Waals surface area contributed by atoms with Crippen LogP contribution in [-0.4, -0.2) is 47.4 Å². The molecule has 96 heavy (non-hydrogen) atoms. The second-order valence-electron chi connectivity index (χ2n) is 30.9. The molecule has 3 N–H and O–H groups in total. The molecule has 0 radical (unpaired) electrons. The summed E-state index contributed by atoms with van der Waals surface area (Å²) in [6.07, 6.45) is 112. The van der Waals surface area contributed by atoms with Crippen LogP contribution in [-0.2, 0) is 14.3 Å².